The Morgan fingerprint density at radius 1 is 0.525 bits per heavy atom. The van der Waals surface area contributed by atoms with Crippen LogP contribution in [0.4, 0.5) is 0 Å². The predicted octanol–water partition coefficient (Wildman–Crippen LogP) is 3.01. The standard InChI is InChI=1S/C33H32O6.Li/c1-2-7-26(8-3-1)33(15-14-29-28-9-5-4-6-25(28)10-12-30(29)39-33)27-11-13-31-32(24-27)38-23-21-36-19-17-34-16-18-35-20-22-37-31;/h1-15,24H,16-23H2;/q;+1/t33-;/m0./s1. The van der Waals surface area contributed by atoms with Crippen molar-refractivity contribution in [3.8, 4) is 17.2 Å². The van der Waals surface area contributed by atoms with Crippen molar-refractivity contribution >= 4 is 16.8 Å². The molecule has 0 unspecified atom stereocenters. The molecular weight excluding hydrogens is 499 g/mol. The van der Waals surface area contributed by atoms with Crippen LogP contribution in [0.25, 0.3) is 16.8 Å². The van der Waals surface area contributed by atoms with E-state index in [1.165, 1.54) is 5.39 Å². The molecule has 4 aromatic rings. The van der Waals surface area contributed by atoms with Gasteiger partial charge in [-0.05, 0) is 41.1 Å². The molecule has 2 aliphatic rings. The van der Waals surface area contributed by atoms with Crippen molar-refractivity contribution in [3.63, 3.8) is 0 Å². The van der Waals surface area contributed by atoms with Gasteiger partial charge in [0.15, 0.2) is 17.1 Å². The molecule has 0 saturated heterocycles. The molecule has 0 bridgehead atoms. The monoisotopic (exact) mass is 531 g/mol. The van der Waals surface area contributed by atoms with Crippen molar-refractivity contribution in [3.05, 3.63) is 108 Å². The fourth-order valence-electron chi connectivity index (χ4n) is 5.04. The first-order chi connectivity index (χ1) is 19.3. The zero-order valence-electron chi connectivity index (χ0n) is 22.8. The maximum Gasteiger partial charge on any atom is 1.00 e. The molecule has 200 valence electrons. The summed E-state index contributed by atoms with van der Waals surface area (Å²) in [5.41, 5.74) is 2.20. The molecule has 0 fully saturated rings. The van der Waals surface area contributed by atoms with Crippen LogP contribution < -0.4 is 33.1 Å². The summed E-state index contributed by atoms with van der Waals surface area (Å²) in [6.45, 7) is 3.81. The zero-order chi connectivity index (χ0) is 26.3. The summed E-state index contributed by atoms with van der Waals surface area (Å²) in [6, 6.07) is 28.8. The third kappa shape index (κ3) is 6.07. The van der Waals surface area contributed by atoms with Crippen LogP contribution in [0.2, 0.25) is 0 Å². The van der Waals surface area contributed by atoms with Crippen LogP contribution >= 0.6 is 0 Å². The number of ether oxygens (including phenoxy) is 6. The molecule has 4 aromatic carbocycles. The summed E-state index contributed by atoms with van der Waals surface area (Å²) in [7, 11) is 0. The molecule has 7 heteroatoms. The van der Waals surface area contributed by atoms with Gasteiger partial charge in [-0.25, -0.2) is 0 Å². The van der Waals surface area contributed by atoms with E-state index < -0.39 is 5.60 Å². The number of rotatable bonds is 2. The third-order valence-corrected chi connectivity index (χ3v) is 6.98. The van der Waals surface area contributed by atoms with Crippen molar-refractivity contribution in [2.75, 3.05) is 52.9 Å². The normalized spacial score (nSPS) is 19.8. The van der Waals surface area contributed by atoms with Crippen LogP contribution in [0.3, 0.4) is 0 Å². The molecule has 0 radical (unpaired) electrons. The molecule has 0 aromatic heterocycles. The molecule has 0 saturated carbocycles. The summed E-state index contributed by atoms with van der Waals surface area (Å²) in [4.78, 5) is 0. The van der Waals surface area contributed by atoms with Gasteiger partial charge in [0.25, 0.3) is 0 Å². The van der Waals surface area contributed by atoms with Gasteiger partial charge in [-0.15, -0.1) is 0 Å². The fraction of sp³-hybridized carbons (Fsp3) is 0.273. The van der Waals surface area contributed by atoms with E-state index in [2.05, 4.69) is 60.7 Å². The Bertz CT molecular complexity index is 1440. The molecule has 2 aliphatic heterocycles. The second kappa shape index (κ2) is 13.4. The quantitative estimate of drug-likeness (QED) is 0.371. The van der Waals surface area contributed by atoms with E-state index in [0.29, 0.717) is 64.4 Å². The van der Waals surface area contributed by atoms with Gasteiger partial charge in [0.2, 0.25) is 0 Å². The molecule has 0 N–H and O–H groups in total. The first-order valence-electron chi connectivity index (χ1n) is 13.4. The molecule has 40 heavy (non-hydrogen) atoms. The van der Waals surface area contributed by atoms with Crippen molar-refractivity contribution < 1.29 is 47.3 Å². The van der Waals surface area contributed by atoms with Crippen molar-refractivity contribution in [1.82, 2.24) is 0 Å². The van der Waals surface area contributed by atoms with Crippen LogP contribution in [-0.4, -0.2) is 52.9 Å². The van der Waals surface area contributed by atoms with Crippen LogP contribution in [0.5, 0.6) is 17.2 Å². The Morgan fingerprint density at radius 3 is 1.90 bits per heavy atom. The Kier molecular flexibility index (Phi) is 9.48. The van der Waals surface area contributed by atoms with Gasteiger partial charge in [-0.3, -0.25) is 0 Å². The predicted molar refractivity (Wildman–Crippen MR) is 151 cm³/mol. The van der Waals surface area contributed by atoms with E-state index in [0.717, 1.165) is 27.8 Å². The molecular formula is C33H32LiO6+. The van der Waals surface area contributed by atoms with Gasteiger partial charge in [-0.1, -0.05) is 66.7 Å². The molecule has 6 rings (SSSR count). The van der Waals surface area contributed by atoms with Crippen molar-refractivity contribution in [1.29, 1.82) is 0 Å². The summed E-state index contributed by atoms with van der Waals surface area (Å²) in [6.07, 6.45) is 4.32. The summed E-state index contributed by atoms with van der Waals surface area (Å²) >= 11 is 0. The minimum Gasteiger partial charge on any atom is -0.487 e. The van der Waals surface area contributed by atoms with Gasteiger partial charge >= 0.3 is 18.9 Å². The van der Waals surface area contributed by atoms with Crippen LogP contribution in [0.1, 0.15) is 16.7 Å². The van der Waals surface area contributed by atoms with Gasteiger partial charge < -0.3 is 28.4 Å². The van der Waals surface area contributed by atoms with E-state index in [1.807, 2.05) is 36.4 Å². The number of hydrogen-bond acceptors (Lipinski definition) is 6. The Labute approximate surface area is 247 Å². The maximum atomic E-state index is 6.93. The van der Waals surface area contributed by atoms with Crippen molar-refractivity contribution in [2.45, 2.75) is 5.60 Å². The smallest absolute Gasteiger partial charge is 0.487 e. The Balaban J connectivity index is 0.00000323. The van der Waals surface area contributed by atoms with E-state index >= 15 is 0 Å². The Morgan fingerprint density at radius 2 is 1.15 bits per heavy atom. The van der Waals surface area contributed by atoms with Gasteiger partial charge in [-0.2, -0.15) is 0 Å². The zero-order valence-corrected chi connectivity index (χ0v) is 22.8. The summed E-state index contributed by atoms with van der Waals surface area (Å²) < 4.78 is 36.0. The molecule has 0 amide bonds. The second-order valence-corrected chi connectivity index (χ2v) is 9.43. The number of fused-ring (bicyclic) bond motifs is 4. The van der Waals surface area contributed by atoms with Crippen molar-refractivity contribution in [2.24, 2.45) is 0 Å². The Hall–Kier alpha value is -3.24. The molecule has 0 spiro atoms. The first-order valence-corrected chi connectivity index (χ1v) is 13.4. The number of hydrogen-bond donors (Lipinski definition) is 0. The van der Waals surface area contributed by atoms with E-state index in [1.54, 1.807) is 0 Å². The SMILES string of the molecule is C1=C[C@](c2ccccc2)(c2ccc3c(c2)OCCOCCOCCOCCO3)Oc2ccc3ccccc3c21.[Li+]. The van der Waals surface area contributed by atoms with Crippen LogP contribution in [0, 0.1) is 0 Å². The third-order valence-electron chi connectivity index (χ3n) is 6.98. The minimum absolute atomic E-state index is 0. The van der Waals surface area contributed by atoms with Gasteiger partial charge in [0.1, 0.15) is 19.0 Å². The molecule has 0 aliphatic carbocycles. The largest absolute Gasteiger partial charge is 1.00 e. The fourth-order valence-corrected chi connectivity index (χ4v) is 5.04. The molecule has 2 heterocycles. The average molecular weight is 532 g/mol. The molecule has 1 atom stereocenters. The minimum atomic E-state index is -0.844. The van der Waals surface area contributed by atoms with E-state index in [9.17, 15) is 0 Å². The van der Waals surface area contributed by atoms with E-state index in [4.69, 9.17) is 28.4 Å². The topological polar surface area (TPSA) is 55.4 Å². The van der Waals surface area contributed by atoms with Gasteiger partial charge in [0, 0.05) is 16.7 Å². The second-order valence-electron chi connectivity index (χ2n) is 9.43. The van der Waals surface area contributed by atoms with Gasteiger partial charge in [0.05, 0.1) is 39.6 Å². The summed E-state index contributed by atoms with van der Waals surface area (Å²) in [5, 5.41) is 2.35. The average Bonchev–Trinajstić information content (AvgIpc) is 3.00. The molecule has 6 nitrogen and oxygen atoms in total. The summed E-state index contributed by atoms with van der Waals surface area (Å²) in [5.74, 6) is 2.13. The van der Waals surface area contributed by atoms with Crippen LogP contribution in [-0.2, 0) is 19.8 Å². The first kappa shape index (κ1) is 28.3. The van der Waals surface area contributed by atoms with Crippen LogP contribution in [0.15, 0.2) is 91.0 Å². The number of benzene rings is 4. The maximum absolute atomic E-state index is 6.93. The van der Waals surface area contributed by atoms with E-state index in [-0.39, 0.29) is 18.9 Å².